The Labute approximate surface area is 185 Å². The van der Waals surface area contributed by atoms with Crippen LogP contribution in [-0.4, -0.2) is 68.9 Å². The van der Waals surface area contributed by atoms with Crippen molar-refractivity contribution in [3.63, 3.8) is 0 Å². The minimum atomic E-state index is -3.38. The van der Waals surface area contributed by atoms with E-state index in [2.05, 4.69) is 20.1 Å². The molecule has 7 nitrogen and oxygen atoms in total. The molecule has 0 spiro atoms. The predicted molar refractivity (Wildman–Crippen MR) is 126 cm³/mol. The summed E-state index contributed by atoms with van der Waals surface area (Å²) >= 11 is 0. The Bertz CT molecular complexity index is 971. The summed E-state index contributed by atoms with van der Waals surface area (Å²) in [5.74, 6) is 1.05. The van der Waals surface area contributed by atoms with E-state index >= 15 is 0 Å². The number of hydrogen-bond donors (Lipinski definition) is 2. The maximum absolute atomic E-state index is 12.8. The summed E-state index contributed by atoms with van der Waals surface area (Å²) in [7, 11) is -3.38. The van der Waals surface area contributed by atoms with E-state index < -0.39 is 9.84 Å². The van der Waals surface area contributed by atoms with E-state index in [0.29, 0.717) is 17.9 Å². The Morgan fingerprint density at radius 2 is 1.68 bits per heavy atom. The first kappa shape index (κ1) is 22.9. The first-order chi connectivity index (χ1) is 14.9. The van der Waals surface area contributed by atoms with Crippen molar-refractivity contribution in [2.45, 2.75) is 31.2 Å². The molecule has 0 aliphatic carbocycles. The van der Waals surface area contributed by atoms with Crippen LogP contribution in [0.4, 0.5) is 5.69 Å². The molecule has 2 aromatic rings. The number of rotatable bonds is 7. The van der Waals surface area contributed by atoms with Gasteiger partial charge in [-0.05, 0) is 37.6 Å². The van der Waals surface area contributed by atoms with Gasteiger partial charge in [-0.25, -0.2) is 8.42 Å². The summed E-state index contributed by atoms with van der Waals surface area (Å²) in [4.78, 5) is 9.29. The SMILES string of the molecule is CCN=C(NC(CC)CS(=O)(=O)c1ccccc1)N1CCN(c2ccccc2O)CC1. The van der Waals surface area contributed by atoms with Gasteiger partial charge in [-0.1, -0.05) is 37.3 Å². The molecule has 0 bridgehead atoms. The number of aromatic hydroxyl groups is 1. The van der Waals surface area contributed by atoms with Crippen molar-refractivity contribution in [2.24, 2.45) is 4.99 Å². The highest BCUT2D eigenvalue weighted by Crippen LogP contribution is 2.27. The number of piperazine rings is 1. The molecular formula is C23H32N4O3S. The van der Waals surface area contributed by atoms with E-state index in [0.717, 1.165) is 37.8 Å². The quantitative estimate of drug-likeness (QED) is 0.505. The Morgan fingerprint density at radius 1 is 1.03 bits per heavy atom. The van der Waals surface area contributed by atoms with Gasteiger partial charge in [-0.3, -0.25) is 4.99 Å². The van der Waals surface area contributed by atoms with Crippen molar-refractivity contribution < 1.29 is 13.5 Å². The molecule has 168 valence electrons. The molecule has 1 fully saturated rings. The van der Waals surface area contributed by atoms with Crippen LogP contribution in [0.1, 0.15) is 20.3 Å². The minimum absolute atomic E-state index is 0.0219. The average molecular weight is 445 g/mol. The summed E-state index contributed by atoms with van der Waals surface area (Å²) < 4.78 is 25.7. The number of sulfone groups is 1. The van der Waals surface area contributed by atoms with Crippen molar-refractivity contribution in [2.75, 3.05) is 43.4 Å². The van der Waals surface area contributed by atoms with Gasteiger partial charge in [0.15, 0.2) is 15.8 Å². The summed E-state index contributed by atoms with van der Waals surface area (Å²) in [6.45, 7) is 7.55. The lowest BCUT2D eigenvalue weighted by Gasteiger charge is -2.38. The maximum Gasteiger partial charge on any atom is 0.194 e. The van der Waals surface area contributed by atoms with Gasteiger partial charge in [0.2, 0.25) is 0 Å². The normalized spacial score (nSPS) is 16.3. The zero-order chi connectivity index (χ0) is 22.3. The first-order valence-electron chi connectivity index (χ1n) is 10.8. The topological polar surface area (TPSA) is 85.2 Å². The molecule has 0 amide bonds. The number of hydrogen-bond acceptors (Lipinski definition) is 5. The molecule has 8 heteroatoms. The van der Waals surface area contributed by atoms with Gasteiger partial charge < -0.3 is 20.2 Å². The number of nitrogens with zero attached hydrogens (tertiary/aromatic N) is 3. The summed E-state index contributed by atoms with van der Waals surface area (Å²) in [6.07, 6.45) is 0.673. The second kappa shape index (κ2) is 10.5. The van der Waals surface area contributed by atoms with Gasteiger partial charge in [0, 0.05) is 38.8 Å². The summed E-state index contributed by atoms with van der Waals surface area (Å²) in [5.41, 5.74) is 0.837. The number of aliphatic imine (C=N–C) groups is 1. The standard InChI is InChI=1S/C23H32N4O3S/c1-3-19(18-31(29,30)20-10-6-5-7-11-20)25-23(24-4-2)27-16-14-26(15-17-27)21-12-8-9-13-22(21)28/h5-13,19,28H,3-4,14-18H2,1-2H3,(H,24,25). The average Bonchev–Trinajstić information content (AvgIpc) is 2.79. The number of anilines is 1. The van der Waals surface area contributed by atoms with Crippen molar-refractivity contribution in [1.29, 1.82) is 0 Å². The van der Waals surface area contributed by atoms with E-state index in [4.69, 9.17) is 0 Å². The Balaban J connectivity index is 1.65. The lowest BCUT2D eigenvalue weighted by Crippen LogP contribution is -2.55. The molecule has 0 saturated carbocycles. The van der Waals surface area contributed by atoms with Gasteiger partial charge in [0.25, 0.3) is 0 Å². The van der Waals surface area contributed by atoms with Gasteiger partial charge >= 0.3 is 0 Å². The molecule has 1 heterocycles. The number of phenolic OH excluding ortho intramolecular Hbond substituents is 1. The fourth-order valence-electron chi connectivity index (χ4n) is 3.71. The van der Waals surface area contributed by atoms with Gasteiger partial charge in [0.1, 0.15) is 5.75 Å². The van der Waals surface area contributed by atoms with E-state index in [1.165, 1.54) is 0 Å². The summed E-state index contributed by atoms with van der Waals surface area (Å²) in [6, 6.07) is 15.7. The highest BCUT2D eigenvalue weighted by molar-refractivity contribution is 7.91. The molecule has 1 saturated heterocycles. The van der Waals surface area contributed by atoms with Crippen LogP contribution < -0.4 is 10.2 Å². The zero-order valence-corrected chi connectivity index (χ0v) is 19.1. The Hall–Kier alpha value is -2.74. The molecule has 0 aromatic heterocycles. The largest absolute Gasteiger partial charge is 0.506 e. The van der Waals surface area contributed by atoms with Crippen LogP contribution in [0.25, 0.3) is 0 Å². The molecule has 1 unspecified atom stereocenters. The monoisotopic (exact) mass is 444 g/mol. The highest BCUT2D eigenvalue weighted by atomic mass is 32.2. The maximum atomic E-state index is 12.8. The Morgan fingerprint density at radius 3 is 2.29 bits per heavy atom. The smallest absolute Gasteiger partial charge is 0.194 e. The molecule has 0 radical (unpaired) electrons. The number of guanidine groups is 1. The number of benzene rings is 2. The molecule has 2 N–H and O–H groups in total. The van der Waals surface area contributed by atoms with Crippen LogP contribution in [0.2, 0.25) is 0 Å². The van der Waals surface area contributed by atoms with Crippen LogP contribution in [0.5, 0.6) is 5.75 Å². The van der Waals surface area contributed by atoms with Crippen LogP contribution in [-0.2, 0) is 9.84 Å². The minimum Gasteiger partial charge on any atom is -0.506 e. The molecule has 1 aliphatic heterocycles. The van der Waals surface area contributed by atoms with Crippen LogP contribution in [0, 0.1) is 0 Å². The van der Waals surface area contributed by atoms with Crippen molar-refractivity contribution in [3.8, 4) is 5.75 Å². The number of phenols is 1. The lowest BCUT2D eigenvalue weighted by atomic mass is 10.2. The number of para-hydroxylation sites is 2. The molecule has 1 aliphatic rings. The Kier molecular flexibility index (Phi) is 7.79. The van der Waals surface area contributed by atoms with Crippen LogP contribution in [0.3, 0.4) is 0 Å². The molecule has 31 heavy (non-hydrogen) atoms. The van der Waals surface area contributed by atoms with E-state index in [9.17, 15) is 13.5 Å². The lowest BCUT2D eigenvalue weighted by molar-refractivity contribution is 0.364. The zero-order valence-electron chi connectivity index (χ0n) is 18.2. The first-order valence-corrected chi connectivity index (χ1v) is 12.5. The van der Waals surface area contributed by atoms with Gasteiger partial charge in [-0.15, -0.1) is 0 Å². The van der Waals surface area contributed by atoms with E-state index in [-0.39, 0.29) is 17.5 Å². The third kappa shape index (κ3) is 5.91. The molecule has 2 aromatic carbocycles. The van der Waals surface area contributed by atoms with Crippen molar-refractivity contribution >= 4 is 21.5 Å². The third-order valence-electron chi connectivity index (χ3n) is 5.46. The van der Waals surface area contributed by atoms with Gasteiger partial charge in [-0.2, -0.15) is 0 Å². The van der Waals surface area contributed by atoms with Crippen molar-refractivity contribution in [1.82, 2.24) is 10.2 Å². The second-order valence-corrected chi connectivity index (χ2v) is 9.64. The van der Waals surface area contributed by atoms with Gasteiger partial charge in [0.05, 0.1) is 16.3 Å². The second-order valence-electron chi connectivity index (χ2n) is 7.60. The molecule has 3 rings (SSSR count). The highest BCUT2D eigenvalue weighted by Gasteiger charge is 2.25. The molecular weight excluding hydrogens is 412 g/mol. The fourth-order valence-corrected chi connectivity index (χ4v) is 5.32. The van der Waals surface area contributed by atoms with Crippen molar-refractivity contribution in [3.05, 3.63) is 54.6 Å². The summed E-state index contributed by atoms with van der Waals surface area (Å²) in [5, 5.41) is 13.5. The van der Waals surface area contributed by atoms with E-state index in [1.807, 2.05) is 38.1 Å². The number of nitrogens with one attached hydrogen (secondary N) is 1. The van der Waals surface area contributed by atoms with E-state index in [1.54, 1.807) is 30.3 Å². The predicted octanol–water partition coefficient (Wildman–Crippen LogP) is 2.73. The van der Waals surface area contributed by atoms with Crippen LogP contribution in [0.15, 0.2) is 64.5 Å². The molecule has 1 atom stereocenters. The third-order valence-corrected chi connectivity index (χ3v) is 7.29. The fraction of sp³-hybridized carbons (Fsp3) is 0.435. The van der Waals surface area contributed by atoms with Crippen LogP contribution >= 0.6 is 0 Å².